The van der Waals surface area contributed by atoms with Crippen molar-refractivity contribution in [3.63, 3.8) is 0 Å². The molecule has 0 bridgehead atoms. The van der Waals surface area contributed by atoms with Crippen molar-refractivity contribution in [2.24, 2.45) is 12.0 Å². The lowest BCUT2D eigenvalue weighted by atomic mass is 9.93. The van der Waals surface area contributed by atoms with Crippen molar-refractivity contribution >= 4 is 17.2 Å². The maximum atomic E-state index is 14.6. The Balaban J connectivity index is 1.51. The Bertz CT molecular complexity index is 1100. The number of alkyl halides is 1. The lowest BCUT2D eigenvalue weighted by Crippen LogP contribution is -2.48. The first-order valence-electron chi connectivity index (χ1n) is 8.78. The van der Waals surface area contributed by atoms with Crippen LogP contribution in [0.15, 0.2) is 41.7 Å². The van der Waals surface area contributed by atoms with Crippen LogP contribution in [0.2, 0.25) is 0 Å². The number of aromatic nitrogens is 3. The normalized spacial score (nSPS) is 15.9. The SMILES string of the molecule is Cc1ncc(-c2cc3c(cc2F)N=C3c2ccnc(N3CC(F)C3)c2)n1C. The van der Waals surface area contributed by atoms with Crippen molar-refractivity contribution in [1.82, 2.24) is 14.5 Å². The summed E-state index contributed by atoms with van der Waals surface area (Å²) in [7, 11) is 1.87. The summed E-state index contributed by atoms with van der Waals surface area (Å²) in [5.74, 6) is 1.24. The van der Waals surface area contributed by atoms with Gasteiger partial charge in [0.25, 0.3) is 0 Å². The maximum Gasteiger partial charge on any atom is 0.135 e. The minimum atomic E-state index is -0.787. The number of hydrogen-bond acceptors (Lipinski definition) is 4. The van der Waals surface area contributed by atoms with Crippen LogP contribution in [-0.2, 0) is 7.05 Å². The average Bonchev–Trinajstić information content (AvgIpc) is 2.94. The molecule has 1 saturated heterocycles. The van der Waals surface area contributed by atoms with Crippen LogP contribution < -0.4 is 4.90 Å². The molecule has 7 heteroatoms. The molecule has 0 aliphatic carbocycles. The van der Waals surface area contributed by atoms with Crippen molar-refractivity contribution in [1.29, 1.82) is 0 Å². The van der Waals surface area contributed by atoms with Gasteiger partial charge in [-0.25, -0.2) is 23.7 Å². The van der Waals surface area contributed by atoms with Crippen LogP contribution in [0, 0.1) is 12.7 Å². The molecule has 0 atom stereocenters. The molecule has 136 valence electrons. The number of benzene rings is 1. The number of hydrogen-bond donors (Lipinski definition) is 0. The second-order valence-electron chi connectivity index (χ2n) is 6.96. The number of fused-ring (bicyclic) bond motifs is 1. The highest BCUT2D eigenvalue weighted by Gasteiger charge is 2.29. The smallest absolute Gasteiger partial charge is 0.135 e. The Hall–Kier alpha value is -3.09. The van der Waals surface area contributed by atoms with Gasteiger partial charge in [-0.2, -0.15) is 0 Å². The van der Waals surface area contributed by atoms with Crippen LogP contribution >= 0.6 is 0 Å². The zero-order chi connectivity index (χ0) is 18.7. The third-order valence-corrected chi connectivity index (χ3v) is 5.25. The summed E-state index contributed by atoms with van der Waals surface area (Å²) in [6.45, 7) is 2.62. The van der Waals surface area contributed by atoms with Gasteiger partial charge in [0.05, 0.1) is 36.4 Å². The zero-order valence-electron chi connectivity index (χ0n) is 14.9. The predicted octanol–water partition coefficient (Wildman–Crippen LogP) is 3.57. The monoisotopic (exact) mass is 365 g/mol. The third kappa shape index (κ3) is 2.45. The average molecular weight is 365 g/mol. The summed E-state index contributed by atoms with van der Waals surface area (Å²) >= 11 is 0. The van der Waals surface area contributed by atoms with Gasteiger partial charge < -0.3 is 9.47 Å². The summed E-state index contributed by atoms with van der Waals surface area (Å²) in [5, 5.41) is 0. The molecule has 1 aromatic carbocycles. The summed E-state index contributed by atoms with van der Waals surface area (Å²) < 4.78 is 29.6. The first kappa shape index (κ1) is 16.1. The molecule has 0 saturated carbocycles. The van der Waals surface area contributed by atoms with Gasteiger partial charge >= 0.3 is 0 Å². The molecule has 0 spiro atoms. The molecule has 0 N–H and O–H groups in total. The molecule has 5 rings (SSSR count). The number of halogens is 2. The second-order valence-corrected chi connectivity index (χ2v) is 6.96. The lowest BCUT2D eigenvalue weighted by molar-refractivity contribution is 0.273. The molecule has 0 amide bonds. The van der Waals surface area contributed by atoms with Crippen LogP contribution in [0.5, 0.6) is 0 Å². The van der Waals surface area contributed by atoms with E-state index in [0.29, 0.717) is 24.3 Å². The number of aliphatic imine (C=N–C) groups is 1. The Labute approximate surface area is 155 Å². The maximum absolute atomic E-state index is 14.6. The highest BCUT2D eigenvalue weighted by Crippen LogP contribution is 2.38. The highest BCUT2D eigenvalue weighted by molar-refractivity contribution is 6.22. The molecule has 27 heavy (non-hydrogen) atoms. The predicted molar refractivity (Wildman–Crippen MR) is 100.0 cm³/mol. The Morgan fingerprint density at radius 3 is 2.63 bits per heavy atom. The molecule has 3 aromatic rings. The van der Waals surface area contributed by atoms with E-state index in [2.05, 4.69) is 15.0 Å². The van der Waals surface area contributed by atoms with Crippen molar-refractivity contribution in [2.45, 2.75) is 13.1 Å². The van der Waals surface area contributed by atoms with Crippen LogP contribution in [0.1, 0.15) is 17.0 Å². The summed E-state index contributed by atoms with van der Waals surface area (Å²) in [5.41, 5.74) is 4.45. The lowest BCUT2D eigenvalue weighted by Gasteiger charge is -2.35. The van der Waals surface area contributed by atoms with Crippen molar-refractivity contribution in [2.75, 3.05) is 18.0 Å². The molecule has 2 aliphatic heterocycles. The number of anilines is 1. The summed E-state index contributed by atoms with van der Waals surface area (Å²) in [6, 6.07) is 7.06. The molecular weight excluding hydrogens is 348 g/mol. The minimum absolute atomic E-state index is 0.315. The van der Waals surface area contributed by atoms with E-state index in [1.54, 1.807) is 12.4 Å². The first-order valence-corrected chi connectivity index (χ1v) is 8.78. The summed E-state index contributed by atoms with van der Waals surface area (Å²) in [6.07, 6.45) is 2.59. The van der Waals surface area contributed by atoms with Gasteiger partial charge in [-0.15, -0.1) is 0 Å². The van der Waals surface area contributed by atoms with E-state index >= 15 is 0 Å². The summed E-state index contributed by atoms with van der Waals surface area (Å²) in [4.78, 5) is 14.9. The van der Waals surface area contributed by atoms with Crippen LogP contribution in [-0.4, -0.2) is 39.5 Å². The quantitative estimate of drug-likeness (QED) is 0.558. The van der Waals surface area contributed by atoms with E-state index in [1.807, 2.05) is 41.6 Å². The molecule has 2 aromatic heterocycles. The van der Waals surface area contributed by atoms with Crippen LogP contribution in [0.4, 0.5) is 20.3 Å². The van der Waals surface area contributed by atoms with Gasteiger partial charge in [0.2, 0.25) is 0 Å². The van der Waals surface area contributed by atoms with E-state index in [0.717, 1.165) is 34.2 Å². The largest absolute Gasteiger partial charge is 0.351 e. The molecule has 0 radical (unpaired) electrons. The van der Waals surface area contributed by atoms with Crippen molar-refractivity contribution in [3.8, 4) is 11.3 Å². The van der Waals surface area contributed by atoms with Crippen LogP contribution in [0.25, 0.3) is 11.3 Å². The topological polar surface area (TPSA) is 46.3 Å². The van der Waals surface area contributed by atoms with Gasteiger partial charge in [0, 0.05) is 36.0 Å². The van der Waals surface area contributed by atoms with E-state index in [1.165, 1.54) is 6.07 Å². The van der Waals surface area contributed by atoms with Crippen molar-refractivity contribution < 1.29 is 8.78 Å². The van der Waals surface area contributed by atoms with Gasteiger partial charge in [-0.1, -0.05) is 0 Å². The van der Waals surface area contributed by atoms with E-state index < -0.39 is 6.17 Å². The third-order valence-electron chi connectivity index (χ3n) is 5.25. The molecule has 2 aliphatic rings. The van der Waals surface area contributed by atoms with E-state index in [-0.39, 0.29) is 5.82 Å². The molecule has 5 nitrogen and oxygen atoms in total. The molecular formula is C20H17F2N5. The number of aryl methyl sites for hydroxylation is 1. The number of imidazole rings is 1. The number of rotatable bonds is 3. The zero-order valence-corrected chi connectivity index (χ0v) is 14.9. The Morgan fingerprint density at radius 2 is 1.93 bits per heavy atom. The van der Waals surface area contributed by atoms with Gasteiger partial charge in [0.15, 0.2) is 0 Å². The fourth-order valence-corrected chi connectivity index (χ4v) is 3.49. The minimum Gasteiger partial charge on any atom is -0.351 e. The van der Waals surface area contributed by atoms with Crippen LogP contribution in [0.3, 0.4) is 0 Å². The number of pyridine rings is 1. The van der Waals surface area contributed by atoms with E-state index in [4.69, 9.17) is 0 Å². The highest BCUT2D eigenvalue weighted by atomic mass is 19.1. The Morgan fingerprint density at radius 1 is 1.11 bits per heavy atom. The second kappa shape index (κ2) is 5.70. The molecule has 1 fully saturated rings. The Kier molecular flexibility index (Phi) is 3.40. The van der Waals surface area contributed by atoms with Gasteiger partial charge in [-0.3, -0.25) is 0 Å². The molecule has 4 heterocycles. The van der Waals surface area contributed by atoms with Crippen molar-refractivity contribution in [3.05, 3.63) is 59.4 Å². The molecule has 0 unspecified atom stereocenters. The van der Waals surface area contributed by atoms with E-state index in [9.17, 15) is 8.78 Å². The fourth-order valence-electron chi connectivity index (χ4n) is 3.49. The van der Waals surface area contributed by atoms with Gasteiger partial charge in [-0.05, 0) is 25.1 Å². The van der Waals surface area contributed by atoms with Gasteiger partial charge in [0.1, 0.15) is 23.6 Å². The standard InChI is InChI=1S/C20H17F2N5/c1-11-24-8-18(26(11)2)14-6-15-17(7-16(14)22)25-20(15)12-3-4-23-19(5-12)27-9-13(21)10-27/h3-8,13H,9-10H2,1-2H3. The number of nitrogens with zero attached hydrogens (tertiary/aromatic N) is 5. The fraction of sp³-hybridized carbons (Fsp3) is 0.250. The first-order chi connectivity index (χ1) is 13.0.